The van der Waals surface area contributed by atoms with Gasteiger partial charge in [0.1, 0.15) is 10.9 Å². The van der Waals surface area contributed by atoms with Crippen LogP contribution in [0.4, 0.5) is 18.9 Å². The van der Waals surface area contributed by atoms with Crippen molar-refractivity contribution >= 4 is 17.3 Å². The Kier molecular flexibility index (Phi) is 3.52. The van der Waals surface area contributed by atoms with Gasteiger partial charge in [-0.2, -0.15) is 0 Å². The van der Waals surface area contributed by atoms with Crippen LogP contribution in [0.15, 0.2) is 47.6 Å². The van der Waals surface area contributed by atoms with E-state index < -0.39 is 6.36 Å². The van der Waals surface area contributed by atoms with Crippen LogP contribution in [0.25, 0.3) is 0 Å². The summed E-state index contributed by atoms with van der Waals surface area (Å²) < 4.78 is 39.8. The highest BCUT2D eigenvalue weighted by atomic mass is 35.5. The summed E-state index contributed by atoms with van der Waals surface area (Å²) in [6, 6.07) is 5.56. The van der Waals surface area contributed by atoms with Crippen LogP contribution in [-0.2, 0) is 0 Å². The summed E-state index contributed by atoms with van der Waals surface area (Å²) in [6.07, 6.45) is 0.754. The minimum atomic E-state index is -4.67. The van der Waals surface area contributed by atoms with Gasteiger partial charge in [0.15, 0.2) is 0 Å². The van der Waals surface area contributed by atoms with E-state index in [1.165, 1.54) is 24.3 Å². The Morgan fingerprint density at radius 1 is 1.17 bits per heavy atom. The van der Waals surface area contributed by atoms with Crippen LogP contribution in [0.3, 0.4) is 0 Å². The highest BCUT2D eigenvalue weighted by Gasteiger charge is 2.31. The number of hydrogen-bond acceptors (Lipinski definition) is 2. The molecule has 0 N–H and O–H groups in total. The topological polar surface area (TPSA) is 12.5 Å². The van der Waals surface area contributed by atoms with Crippen molar-refractivity contribution in [1.29, 1.82) is 0 Å². The second-order valence-corrected chi connectivity index (χ2v) is 3.96. The van der Waals surface area contributed by atoms with Crippen molar-refractivity contribution in [3.8, 4) is 5.75 Å². The van der Waals surface area contributed by atoms with Crippen molar-refractivity contribution in [3.05, 3.63) is 47.6 Å². The summed E-state index contributed by atoms with van der Waals surface area (Å²) in [7, 11) is 0. The second kappa shape index (κ2) is 4.94. The molecular weight excluding hydrogens is 267 g/mol. The Balaban J connectivity index is 2.13. The Hall–Kier alpha value is -1.62. The summed E-state index contributed by atoms with van der Waals surface area (Å²) in [5.74, 6) is -0.251. The van der Waals surface area contributed by atoms with E-state index in [-0.39, 0.29) is 5.75 Å². The number of allylic oxidation sites excluding steroid dienone is 2. The quantitative estimate of drug-likeness (QED) is 0.755. The predicted molar refractivity (Wildman–Crippen MR) is 63.5 cm³/mol. The first-order valence-electron chi connectivity index (χ1n) is 5.11. The molecule has 0 aromatic heterocycles. The minimum Gasteiger partial charge on any atom is -0.406 e. The number of anilines is 1. The molecule has 96 valence electrons. The first-order chi connectivity index (χ1) is 8.46. The van der Waals surface area contributed by atoms with Gasteiger partial charge < -0.3 is 9.64 Å². The molecule has 0 fully saturated rings. The molecule has 18 heavy (non-hydrogen) atoms. The molecule has 0 radical (unpaired) electrons. The lowest BCUT2D eigenvalue weighted by Crippen LogP contribution is -2.21. The third-order valence-electron chi connectivity index (χ3n) is 2.30. The first kappa shape index (κ1) is 12.8. The molecule has 0 saturated heterocycles. The molecule has 0 atom stereocenters. The molecule has 0 aliphatic carbocycles. The summed E-state index contributed by atoms with van der Waals surface area (Å²) in [6.45, 7) is 0.578. The monoisotopic (exact) mass is 275 g/mol. The Morgan fingerprint density at radius 3 is 2.39 bits per heavy atom. The van der Waals surface area contributed by atoms with Crippen molar-refractivity contribution < 1.29 is 17.9 Å². The number of hydrogen-bond donors (Lipinski definition) is 0. The molecule has 1 aromatic carbocycles. The molecule has 0 spiro atoms. The lowest BCUT2D eigenvalue weighted by Gasteiger charge is -2.24. The zero-order valence-electron chi connectivity index (χ0n) is 9.12. The van der Waals surface area contributed by atoms with E-state index in [1.54, 1.807) is 11.0 Å². The fourth-order valence-electron chi connectivity index (χ4n) is 1.55. The first-order valence-corrected chi connectivity index (χ1v) is 5.49. The van der Waals surface area contributed by atoms with Crippen molar-refractivity contribution in [1.82, 2.24) is 0 Å². The Morgan fingerprint density at radius 2 is 1.83 bits per heavy atom. The minimum absolute atomic E-state index is 0.251. The molecule has 0 saturated carbocycles. The van der Waals surface area contributed by atoms with E-state index in [2.05, 4.69) is 4.74 Å². The van der Waals surface area contributed by atoms with E-state index in [0.717, 1.165) is 0 Å². The molecule has 1 aliphatic heterocycles. The van der Waals surface area contributed by atoms with Gasteiger partial charge in [0.2, 0.25) is 0 Å². The molecule has 6 heteroatoms. The van der Waals surface area contributed by atoms with Gasteiger partial charge in [-0.05, 0) is 30.3 Å². The molecule has 0 unspecified atom stereocenters. The van der Waals surface area contributed by atoms with E-state index in [0.29, 0.717) is 17.4 Å². The van der Waals surface area contributed by atoms with E-state index >= 15 is 0 Å². The molecule has 2 nitrogen and oxygen atoms in total. The average Bonchev–Trinajstić information content (AvgIpc) is 2.29. The molecule has 1 aliphatic rings. The molecule has 0 bridgehead atoms. The zero-order valence-corrected chi connectivity index (χ0v) is 9.87. The number of alkyl halides is 3. The van der Waals surface area contributed by atoms with Gasteiger partial charge in [-0.15, -0.1) is 13.2 Å². The zero-order chi connectivity index (χ0) is 13.2. The van der Waals surface area contributed by atoms with Crippen LogP contribution < -0.4 is 9.64 Å². The standard InChI is InChI=1S/C12H9ClF3NO/c13-11-3-1-2-8-17(11)9-4-6-10(7-5-9)18-12(14,15)16/h1-7H,8H2. The van der Waals surface area contributed by atoms with Crippen LogP contribution in [0.1, 0.15) is 0 Å². The van der Waals surface area contributed by atoms with Crippen molar-refractivity contribution in [2.24, 2.45) is 0 Å². The molecule has 0 amide bonds. The van der Waals surface area contributed by atoms with Gasteiger partial charge in [-0.25, -0.2) is 0 Å². The van der Waals surface area contributed by atoms with Crippen molar-refractivity contribution in [2.45, 2.75) is 6.36 Å². The van der Waals surface area contributed by atoms with E-state index in [4.69, 9.17) is 11.6 Å². The van der Waals surface area contributed by atoms with Crippen LogP contribution in [-0.4, -0.2) is 12.9 Å². The van der Waals surface area contributed by atoms with Gasteiger partial charge in [-0.3, -0.25) is 0 Å². The summed E-state index contributed by atoms with van der Waals surface area (Å²) in [5, 5.41) is 0.516. The third-order valence-corrected chi connectivity index (χ3v) is 2.63. The maximum Gasteiger partial charge on any atom is 0.573 e. The van der Waals surface area contributed by atoms with Crippen LogP contribution in [0.2, 0.25) is 0 Å². The SMILES string of the molecule is FC(F)(F)Oc1ccc(N2CC=CC=C2Cl)cc1. The second-order valence-electron chi connectivity index (χ2n) is 3.57. The average molecular weight is 276 g/mol. The number of rotatable bonds is 2. The summed E-state index contributed by atoms with van der Waals surface area (Å²) >= 11 is 5.99. The van der Waals surface area contributed by atoms with Crippen LogP contribution >= 0.6 is 11.6 Å². The smallest absolute Gasteiger partial charge is 0.406 e. The number of ether oxygens (including phenoxy) is 1. The third kappa shape index (κ3) is 3.20. The largest absolute Gasteiger partial charge is 0.573 e. The Bertz CT molecular complexity index is 479. The molecule has 2 rings (SSSR count). The van der Waals surface area contributed by atoms with Gasteiger partial charge in [-0.1, -0.05) is 23.8 Å². The number of nitrogens with zero attached hydrogens (tertiary/aromatic N) is 1. The fourth-order valence-corrected chi connectivity index (χ4v) is 1.79. The van der Waals surface area contributed by atoms with Crippen LogP contribution in [0, 0.1) is 0 Å². The van der Waals surface area contributed by atoms with Crippen molar-refractivity contribution in [3.63, 3.8) is 0 Å². The van der Waals surface area contributed by atoms with Gasteiger partial charge in [0.25, 0.3) is 0 Å². The van der Waals surface area contributed by atoms with Gasteiger partial charge in [0.05, 0.1) is 0 Å². The van der Waals surface area contributed by atoms with Crippen LogP contribution in [0.5, 0.6) is 5.75 Å². The highest BCUT2D eigenvalue weighted by molar-refractivity contribution is 6.31. The summed E-state index contributed by atoms with van der Waals surface area (Å²) in [5.41, 5.74) is 0.704. The maximum atomic E-state index is 12.0. The number of halogens is 4. The lowest BCUT2D eigenvalue weighted by atomic mass is 10.2. The predicted octanol–water partition coefficient (Wildman–Crippen LogP) is 4.04. The van der Waals surface area contributed by atoms with Gasteiger partial charge >= 0.3 is 6.36 Å². The van der Waals surface area contributed by atoms with E-state index in [9.17, 15) is 13.2 Å². The fraction of sp³-hybridized carbons (Fsp3) is 0.167. The Labute approximate surface area is 107 Å². The molecule has 1 aromatic rings. The van der Waals surface area contributed by atoms with Gasteiger partial charge in [0, 0.05) is 12.2 Å². The molecular formula is C12H9ClF3NO. The lowest BCUT2D eigenvalue weighted by molar-refractivity contribution is -0.274. The highest BCUT2D eigenvalue weighted by Crippen LogP contribution is 2.28. The van der Waals surface area contributed by atoms with Crippen molar-refractivity contribution in [2.75, 3.05) is 11.4 Å². The number of benzene rings is 1. The maximum absolute atomic E-state index is 12.0. The summed E-state index contributed by atoms with van der Waals surface area (Å²) in [4.78, 5) is 1.76. The van der Waals surface area contributed by atoms with E-state index in [1.807, 2.05) is 12.2 Å². The normalized spacial score (nSPS) is 15.6. The molecule has 1 heterocycles.